The molecule has 1 aliphatic heterocycles. The van der Waals surface area contributed by atoms with Crippen LogP contribution in [0, 0.1) is 5.92 Å². The second-order valence-electron chi connectivity index (χ2n) is 12.7. The first kappa shape index (κ1) is 38.2. The van der Waals surface area contributed by atoms with Crippen molar-refractivity contribution in [2.75, 3.05) is 44.0 Å². The Bertz CT molecular complexity index is 1590. The van der Waals surface area contributed by atoms with Crippen molar-refractivity contribution in [3.05, 3.63) is 89.5 Å². The van der Waals surface area contributed by atoms with Gasteiger partial charge in [0.15, 0.2) is 0 Å². The smallest absolute Gasteiger partial charge is 0.416 e. The number of urea groups is 1. The van der Waals surface area contributed by atoms with E-state index in [1.165, 1.54) is 11.0 Å². The molecule has 0 spiro atoms. The van der Waals surface area contributed by atoms with E-state index >= 15 is 0 Å². The van der Waals surface area contributed by atoms with Crippen LogP contribution in [0.2, 0.25) is 0 Å². The second kappa shape index (κ2) is 17.3. The van der Waals surface area contributed by atoms with Crippen molar-refractivity contribution >= 4 is 29.2 Å². The fourth-order valence-electron chi connectivity index (χ4n) is 5.65. The van der Waals surface area contributed by atoms with E-state index in [1.807, 2.05) is 19.9 Å². The van der Waals surface area contributed by atoms with Crippen LogP contribution in [0.3, 0.4) is 0 Å². The van der Waals surface area contributed by atoms with Gasteiger partial charge in [-0.15, -0.1) is 0 Å². The number of halogens is 3. The molecular formula is C37H45F3N4O6. The Hall–Kier alpha value is -4.62. The summed E-state index contributed by atoms with van der Waals surface area (Å²) < 4.78 is 51.4. The van der Waals surface area contributed by atoms with Crippen molar-refractivity contribution in [3.63, 3.8) is 0 Å². The zero-order valence-electron chi connectivity index (χ0n) is 28.7. The fourth-order valence-corrected chi connectivity index (χ4v) is 5.65. The molecule has 0 aliphatic carbocycles. The van der Waals surface area contributed by atoms with Gasteiger partial charge in [0.1, 0.15) is 5.75 Å². The summed E-state index contributed by atoms with van der Waals surface area (Å²) >= 11 is 0. The molecule has 270 valence electrons. The molecule has 0 saturated carbocycles. The number of likely N-dealkylation sites (N-methyl/N-ethyl adjacent to an activating group) is 1. The number of amides is 4. The van der Waals surface area contributed by atoms with Crippen molar-refractivity contribution in [2.45, 2.75) is 64.5 Å². The molecule has 4 atom stereocenters. The number of alkyl halides is 3. The van der Waals surface area contributed by atoms with Crippen LogP contribution in [0.4, 0.5) is 29.3 Å². The zero-order chi connectivity index (χ0) is 36.4. The largest absolute Gasteiger partial charge is 0.490 e. The monoisotopic (exact) mass is 698 g/mol. The summed E-state index contributed by atoms with van der Waals surface area (Å²) in [5.74, 6) is -0.560. The first-order chi connectivity index (χ1) is 23.8. The van der Waals surface area contributed by atoms with Crippen LogP contribution in [0.5, 0.6) is 5.75 Å². The van der Waals surface area contributed by atoms with E-state index < -0.39 is 35.8 Å². The Balaban J connectivity index is 1.59. The first-order valence-corrected chi connectivity index (χ1v) is 16.7. The van der Waals surface area contributed by atoms with E-state index in [2.05, 4.69) is 10.6 Å². The Morgan fingerprint density at radius 1 is 1.00 bits per heavy atom. The lowest BCUT2D eigenvalue weighted by molar-refractivity contribution is -0.137. The van der Waals surface area contributed by atoms with Crippen LogP contribution >= 0.6 is 0 Å². The van der Waals surface area contributed by atoms with E-state index in [1.54, 1.807) is 55.3 Å². The van der Waals surface area contributed by atoms with E-state index in [0.717, 1.165) is 37.1 Å². The van der Waals surface area contributed by atoms with Crippen LogP contribution in [0.1, 0.15) is 66.3 Å². The molecule has 1 aliphatic rings. The van der Waals surface area contributed by atoms with Gasteiger partial charge in [0, 0.05) is 49.6 Å². The average Bonchev–Trinajstić information content (AvgIpc) is 3.09. The van der Waals surface area contributed by atoms with Crippen LogP contribution in [0.15, 0.2) is 72.8 Å². The number of nitrogens with one attached hydrogen (secondary N) is 2. The number of nitrogens with zero attached hydrogens (tertiary/aromatic N) is 2. The lowest BCUT2D eigenvalue weighted by Gasteiger charge is -2.36. The van der Waals surface area contributed by atoms with Gasteiger partial charge >= 0.3 is 12.2 Å². The maximum Gasteiger partial charge on any atom is 0.416 e. The summed E-state index contributed by atoms with van der Waals surface area (Å²) in [4.78, 5) is 43.5. The normalized spacial score (nSPS) is 19.7. The van der Waals surface area contributed by atoms with Crippen LogP contribution in [0.25, 0.3) is 0 Å². The first-order valence-electron chi connectivity index (χ1n) is 16.7. The number of carbonyl (C=O) groups is 3. The highest BCUT2D eigenvalue weighted by Gasteiger charge is 2.32. The van der Waals surface area contributed by atoms with Gasteiger partial charge in [-0.3, -0.25) is 9.59 Å². The third-order valence-corrected chi connectivity index (χ3v) is 8.60. The van der Waals surface area contributed by atoms with E-state index in [-0.39, 0.29) is 54.6 Å². The molecule has 10 nitrogen and oxygen atoms in total. The zero-order valence-corrected chi connectivity index (χ0v) is 28.7. The summed E-state index contributed by atoms with van der Waals surface area (Å²) in [5.41, 5.74) is 0.251. The minimum absolute atomic E-state index is 0.145. The highest BCUT2D eigenvalue weighted by atomic mass is 19.4. The Kier molecular flexibility index (Phi) is 13.3. The average molecular weight is 699 g/mol. The van der Waals surface area contributed by atoms with Gasteiger partial charge in [-0.1, -0.05) is 25.1 Å². The summed E-state index contributed by atoms with van der Waals surface area (Å²) in [6, 6.07) is 16.3. The van der Waals surface area contributed by atoms with Crippen molar-refractivity contribution in [1.82, 2.24) is 9.80 Å². The van der Waals surface area contributed by atoms with Gasteiger partial charge in [0.25, 0.3) is 11.8 Å². The number of aliphatic hydroxyl groups is 1. The molecule has 0 fully saturated rings. The molecule has 0 unspecified atom stereocenters. The lowest BCUT2D eigenvalue weighted by atomic mass is 10.0. The molecule has 3 aromatic rings. The molecular weight excluding hydrogens is 653 g/mol. The van der Waals surface area contributed by atoms with Crippen LogP contribution in [-0.2, 0) is 10.9 Å². The van der Waals surface area contributed by atoms with Crippen molar-refractivity contribution in [2.24, 2.45) is 5.92 Å². The number of hydrogen-bond acceptors (Lipinski definition) is 6. The Labute approximate surface area is 290 Å². The molecule has 13 heteroatoms. The number of rotatable bonds is 7. The summed E-state index contributed by atoms with van der Waals surface area (Å²) in [7, 11) is 1.72. The number of benzene rings is 3. The number of carbonyl (C=O) groups excluding carboxylic acids is 3. The number of anilines is 2. The maximum absolute atomic E-state index is 14.3. The van der Waals surface area contributed by atoms with E-state index in [4.69, 9.17) is 9.47 Å². The lowest BCUT2D eigenvalue weighted by Crippen LogP contribution is -2.48. The molecule has 0 bridgehead atoms. The summed E-state index contributed by atoms with van der Waals surface area (Å²) in [6.07, 6.45) is -2.97. The minimum Gasteiger partial charge on any atom is -0.490 e. The molecule has 3 N–H and O–H groups in total. The van der Waals surface area contributed by atoms with Gasteiger partial charge in [0.2, 0.25) is 0 Å². The highest BCUT2D eigenvalue weighted by Crippen LogP contribution is 2.31. The van der Waals surface area contributed by atoms with Crippen LogP contribution < -0.4 is 15.4 Å². The van der Waals surface area contributed by atoms with Gasteiger partial charge in [0.05, 0.1) is 36.0 Å². The summed E-state index contributed by atoms with van der Waals surface area (Å²) in [6.45, 7) is 6.15. The van der Waals surface area contributed by atoms with Crippen molar-refractivity contribution in [3.8, 4) is 5.75 Å². The van der Waals surface area contributed by atoms with Crippen molar-refractivity contribution in [1.29, 1.82) is 0 Å². The molecule has 0 aromatic heterocycles. The predicted octanol–water partition coefficient (Wildman–Crippen LogP) is 6.92. The molecule has 50 heavy (non-hydrogen) atoms. The van der Waals surface area contributed by atoms with Crippen molar-refractivity contribution < 1.29 is 42.1 Å². The predicted molar refractivity (Wildman–Crippen MR) is 184 cm³/mol. The SMILES string of the molecule is C[C@@H]1CN([C@H](C)CO)C(=O)c2cc(NC(=O)Nc3ccc(C(F)(F)F)cc3)ccc2O[C@@H](C)CCCCO[C@@H]1CN(C)C(=O)c1ccccc1. The van der Waals surface area contributed by atoms with Crippen LogP contribution in [-0.4, -0.2) is 84.4 Å². The molecule has 1 heterocycles. The molecule has 4 amide bonds. The number of fused-ring (bicyclic) bond motifs is 1. The van der Waals surface area contributed by atoms with Gasteiger partial charge in [-0.25, -0.2) is 4.79 Å². The van der Waals surface area contributed by atoms with Gasteiger partial charge in [-0.2, -0.15) is 13.2 Å². The third-order valence-electron chi connectivity index (χ3n) is 8.60. The summed E-state index contributed by atoms with van der Waals surface area (Å²) in [5, 5.41) is 15.3. The standard InChI is InChI=1S/C37H45F3N4O6/c1-24-21-44(25(2)23-45)35(47)31-20-30(42-36(48)41-29-15-13-28(14-16-29)37(38,39)40)17-18-32(31)50-26(3)10-8-9-19-49-33(24)22-43(4)34(46)27-11-6-5-7-12-27/h5-7,11-18,20,24-26,33,45H,8-10,19,21-23H2,1-4H3,(H2,41,42,48)/t24-,25-,26+,33-/m1/s1. The quantitative estimate of drug-likeness (QED) is 0.247. The maximum atomic E-state index is 14.3. The Morgan fingerprint density at radius 3 is 2.32 bits per heavy atom. The Morgan fingerprint density at radius 2 is 1.66 bits per heavy atom. The third kappa shape index (κ3) is 10.4. The number of aliphatic hydroxyl groups excluding tert-OH is 1. The van der Waals surface area contributed by atoms with Gasteiger partial charge in [-0.05, 0) is 87.7 Å². The second-order valence-corrected chi connectivity index (χ2v) is 12.7. The van der Waals surface area contributed by atoms with E-state index in [0.29, 0.717) is 24.3 Å². The fraction of sp³-hybridized carbons (Fsp3) is 0.432. The molecule has 0 saturated heterocycles. The molecule has 0 radical (unpaired) electrons. The highest BCUT2D eigenvalue weighted by molar-refractivity contribution is 6.02. The molecule has 3 aromatic carbocycles. The minimum atomic E-state index is -4.51. The number of hydrogen-bond donors (Lipinski definition) is 3. The van der Waals surface area contributed by atoms with Gasteiger partial charge < -0.3 is 35.0 Å². The van der Waals surface area contributed by atoms with E-state index in [9.17, 15) is 32.7 Å². The number of ether oxygens (including phenoxy) is 2. The molecule has 4 rings (SSSR count). The topological polar surface area (TPSA) is 120 Å².